The minimum absolute atomic E-state index is 0.318. The highest BCUT2D eigenvalue weighted by Crippen LogP contribution is 2.25. The Balaban J connectivity index is 1.95. The maximum atomic E-state index is 12.0. The van der Waals surface area contributed by atoms with Crippen molar-refractivity contribution in [2.24, 2.45) is 0 Å². The SMILES string of the molecule is Cc1cccc(C(=O)OCC(=O)Nc2ccc(Br)c(C)c2C)c1. The number of hydrogen-bond acceptors (Lipinski definition) is 3. The highest BCUT2D eigenvalue weighted by atomic mass is 79.9. The van der Waals surface area contributed by atoms with Gasteiger partial charge in [0.25, 0.3) is 5.91 Å². The number of ether oxygens (including phenoxy) is 1. The van der Waals surface area contributed by atoms with E-state index >= 15 is 0 Å². The molecule has 2 aromatic rings. The molecule has 23 heavy (non-hydrogen) atoms. The average molecular weight is 376 g/mol. The third-order valence-electron chi connectivity index (χ3n) is 3.58. The van der Waals surface area contributed by atoms with E-state index in [4.69, 9.17) is 4.74 Å². The third kappa shape index (κ3) is 4.42. The predicted octanol–water partition coefficient (Wildman–Crippen LogP) is 4.17. The number of benzene rings is 2. The molecule has 1 N–H and O–H groups in total. The first-order valence-corrected chi connectivity index (χ1v) is 7.97. The molecular weight excluding hydrogens is 358 g/mol. The lowest BCUT2D eigenvalue weighted by atomic mass is 10.1. The predicted molar refractivity (Wildman–Crippen MR) is 93.7 cm³/mol. The monoisotopic (exact) mass is 375 g/mol. The van der Waals surface area contributed by atoms with Crippen molar-refractivity contribution in [3.8, 4) is 0 Å². The van der Waals surface area contributed by atoms with Gasteiger partial charge in [-0.3, -0.25) is 4.79 Å². The number of hydrogen-bond donors (Lipinski definition) is 1. The number of anilines is 1. The van der Waals surface area contributed by atoms with Crippen molar-refractivity contribution in [3.05, 3.63) is 63.1 Å². The Labute approximate surface area is 144 Å². The van der Waals surface area contributed by atoms with Crippen LogP contribution in [-0.4, -0.2) is 18.5 Å². The van der Waals surface area contributed by atoms with Gasteiger partial charge in [-0.25, -0.2) is 4.79 Å². The van der Waals surface area contributed by atoms with Crippen molar-refractivity contribution < 1.29 is 14.3 Å². The van der Waals surface area contributed by atoms with E-state index in [1.165, 1.54) is 0 Å². The van der Waals surface area contributed by atoms with E-state index in [9.17, 15) is 9.59 Å². The Hall–Kier alpha value is -2.14. The van der Waals surface area contributed by atoms with Crippen LogP contribution >= 0.6 is 15.9 Å². The number of amides is 1. The zero-order valence-electron chi connectivity index (χ0n) is 13.3. The van der Waals surface area contributed by atoms with E-state index in [1.807, 2.05) is 39.0 Å². The lowest BCUT2D eigenvalue weighted by Crippen LogP contribution is -2.21. The maximum Gasteiger partial charge on any atom is 0.338 e. The molecule has 0 unspecified atom stereocenters. The van der Waals surface area contributed by atoms with Gasteiger partial charge in [0, 0.05) is 10.2 Å². The standard InChI is InChI=1S/C18H18BrNO3/c1-11-5-4-6-14(9-11)18(22)23-10-17(21)20-16-8-7-15(19)12(2)13(16)3/h4-9H,10H2,1-3H3,(H,20,21). The molecule has 0 saturated heterocycles. The molecule has 0 aliphatic carbocycles. The van der Waals surface area contributed by atoms with Crippen LogP contribution in [0.15, 0.2) is 40.9 Å². The van der Waals surface area contributed by atoms with Crippen LogP contribution in [0.25, 0.3) is 0 Å². The first-order valence-electron chi connectivity index (χ1n) is 7.18. The molecule has 4 nitrogen and oxygen atoms in total. The van der Waals surface area contributed by atoms with Gasteiger partial charge in [0.1, 0.15) is 0 Å². The molecule has 2 aromatic carbocycles. The summed E-state index contributed by atoms with van der Waals surface area (Å²) in [4.78, 5) is 23.9. The Kier molecular flexibility index (Phi) is 5.55. The Bertz CT molecular complexity index is 756. The van der Waals surface area contributed by atoms with E-state index in [2.05, 4.69) is 21.2 Å². The molecule has 5 heteroatoms. The topological polar surface area (TPSA) is 55.4 Å². The summed E-state index contributed by atoms with van der Waals surface area (Å²) in [5.41, 5.74) is 4.14. The van der Waals surface area contributed by atoms with Gasteiger partial charge in [-0.15, -0.1) is 0 Å². The number of carbonyl (C=O) groups excluding carboxylic acids is 2. The molecular formula is C18H18BrNO3. The number of carbonyl (C=O) groups is 2. The largest absolute Gasteiger partial charge is 0.452 e. The van der Waals surface area contributed by atoms with Gasteiger partial charge in [0.15, 0.2) is 6.61 Å². The fraction of sp³-hybridized carbons (Fsp3) is 0.222. The molecule has 2 rings (SSSR count). The quantitative estimate of drug-likeness (QED) is 0.815. The smallest absolute Gasteiger partial charge is 0.338 e. The van der Waals surface area contributed by atoms with Crippen molar-refractivity contribution in [1.29, 1.82) is 0 Å². The van der Waals surface area contributed by atoms with E-state index in [0.717, 1.165) is 21.2 Å². The fourth-order valence-corrected chi connectivity index (χ4v) is 2.53. The molecule has 0 aromatic heterocycles. The van der Waals surface area contributed by atoms with Crippen molar-refractivity contribution in [3.63, 3.8) is 0 Å². The van der Waals surface area contributed by atoms with Crippen molar-refractivity contribution in [2.45, 2.75) is 20.8 Å². The summed E-state index contributed by atoms with van der Waals surface area (Å²) in [6.45, 7) is 5.46. The summed E-state index contributed by atoms with van der Waals surface area (Å²) >= 11 is 3.45. The summed E-state index contributed by atoms with van der Waals surface area (Å²) in [5, 5.41) is 2.76. The summed E-state index contributed by atoms with van der Waals surface area (Å²) in [5.74, 6) is -0.872. The van der Waals surface area contributed by atoms with Crippen molar-refractivity contribution >= 4 is 33.5 Å². The highest BCUT2D eigenvalue weighted by Gasteiger charge is 2.12. The minimum atomic E-state index is -0.507. The van der Waals surface area contributed by atoms with Gasteiger partial charge in [0.05, 0.1) is 5.56 Å². The van der Waals surface area contributed by atoms with Crippen LogP contribution in [-0.2, 0) is 9.53 Å². The van der Waals surface area contributed by atoms with E-state index < -0.39 is 5.97 Å². The van der Waals surface area contributed by atoms with Crippen LogP contribution in [0.5, 0.6) is 0 Å². The van der Waals surface area contributed by atoms with Crippen LogP contribution in [0, 0.1) is 20.8 Å². The van der Waals surface area contributed by atoms with Gasteiger partial charge in [-0.2, -0.15) is 0 Å². The number of rotatable bonds is 4. The van der Waals surface area contributed by atoms with Crippen LogP contribution in [0.4, 0.5) is 5.69 Å². The highest BCUT2D eigenvalue weighted by molar-refractivity contribution is 9.10. The molecule has 0 fully saturated rings. The molecule has 1 amide bonds. The van der Waals surface area contributed by atoms with Gasteiger partial charge in [-0.05, 0) is 56.2 Å². The minimum Gasteiger partial charge on any atom is -0.452 e. The van der Waals surface area contributed by atoms with E-state index in [1.54, 1.807) is 18.2 Å². The second-order valence-electron chi connectivity index (χ2n) is 5.34. The molecule has 0 heterocycles. The molecule has 0 bridgehead atoms. The number of esters is 1. The zero-order chi connectivity index (χ0) is 17.0. The van der Waals surface area contributed by atoms with E-state index in [0.29, 0.717) is 11.3 Å². The summed E-state index contributed by atoms with van der Waals surface area (Å²) in [6, 6.07) is 10.7. The average Bonchev–Trinajstić information content (AvgIpc) is 2.53. The normalized spacial score (nSPS) is 10.3. The van der Waals surface area contributed by atoms with Crippen LogP contribution in [0.1, 0.15) is 27.0 Å². The van der Waals surface area contributed by atoms with Crippen LogP contribution in [0.3, 0.4) is 0 Å². The lowest BCUT2D eigenvalue weighted by Gasteiger charge is -2.12. The first-order chi connectivity index (χ1) is 10.9. The number of nitrogens with one attached hydrogen (secondary N) is 1. The first kappa shape index (κ1) is 17.2. The summed E-state index contributed by atoms with van der Waals surface area (Å²) < 4.78 is 6.04. The molecule has 0 aliphatic rings. The lowest BCUT2D eigenvalue weighted by molar-refractivity contribution is -0.119. The van der Waals surface area contributed by atoms with Crippen LogP contribution < -0.4 is 5.32 Å². The van der Waals surface area contributed by atoms with Gasteiger partial charge >= 0.3 is 5.97 Å². The molecule has 0 saturated carbocycles. The number of aryl methyl sites for hydroxylation is 1. The van der Waals surface area contributed by atoms with Crippen molar-refractivity contribution in [2.75, 3.05) is 11.9 Å². The zero-order valence-corrected chi connectivity index (χ0v) is 14.9. The van der Waals surface area contributed by atoms with E-state index in [-0.39, 0.29) is 12.5 Å². The fourth-order valence-electron chi connectivity index (χ4n) is 2.10. The second kappa shape index (κ2) is 7.42. The van der Waals surface area contributed by atoms with Gasteiger partial charge in [0.2, 0.25) is 0 Å². The summed E-state index contributed by atoms with van der Waals surface area (Å²) in [7, 11) is 0. The van der Waals surface area contributed by atoms with Crippen molar-refractivity contribution in [1.82, 2.24) is 0 Å². The Morgan fingerprint density at radius 1 is 1.09 bits per heavy atom. The molecule has 0 atom stereocenters. The van der Waals surface area contributed by atoms with Gasteiger partial charge < -0.3 is 10.1 Å². The summed E-state index contributed by atoms with van der Waals surface area (Å²) in [6.07, 6.45) is 0. The molecule has 120 valence electrons. The number of halogens is 1. The molecule has 0 radical (unpaired) electrons. The van der Waals surface area contributed by atoms with Gasteiger partial charge in [-0.1, -0.05) is 33.6 Å². The molecule has 0 aliphatic heterocycles. The van der Waals surface area contributed by atoms with Crippen LogP contribution in [0.2, 0.25) is 0 Å². The Morgan fingerprint density at radius 3 is 2.52 bits per heavy atom. The third-order valence-corrected chi connectivity index (χ3v) is 4.44. The maximum absolute atomic E-state index is 12.0. The molecule has 0 spiro atoms. The second-order valence-corrected chi connectivity index (χ2v) is 6.19. The Morgan fingerprint density at radius 2 is 1.83 bits per heavy atom.